The normalized spacial score (nSPS) is 11.3. The Hall–Kier alpha value is -4.43. The molecule has 0 aromatic heterocycles. The molecule has 2 amide bonds. The Labute approximate surface area is 232 Å². The maximum Gasteiger partial charge on any atom is 0.263 e. The van der Waals surface area contributed by atoms with E-state index in [-0.39, 0.29) is 11.8 Å². The van der Waals surface area contributed by atoms with Crippen LogP contribution in [0.3, 0.4) is 0 Å². The number of nitrogens with one attached hydrogen (secondary N) is 2. The Morgan fingerprint density at radius 3 is 1.92 bits per heavy atom. The van der Waals surface area contributed by atoms with Gasteiger partial charge in [-0.1, -0.05) is 36.4 Å². The molecule has 0 radical (unpaired) electrons. The van der Waals surface area contributed by atoms with Crippen LogP contribution in [0.5, 0.6) is 17.2 Å². The highest BCUT2D eigenvalue weighted by atomic mass is 32.2. The number of benzene rings is 4. The summed E-state index contributed by atoms with van der Waals surface area (Å²) < 4.78 is 16.2. The highest BCUT2D eigenvalue weighted by Gasteiger charge is 2.23. The molecule has 0 heterocycles. The van der Waals surface area contributed by atoms with Crippen molar-refractivity contribution in [2.75, 3.05) is 31.5 Å². The van der Waals surface area contributed by atoms with Crippen molar-refractivity contribution >= 4 is 35.0 Å². The third-order valence-corrected chi connectivity index (χ3v) is 7.06. The number of anilines is 2. The van der Waals surface area contributed by atoms with Gasteiger partial charge in [0.25, 0.3) is 5.91 Å². The molecule has 0 saturated carbocycles. The summed E-state index contributed by atoms with van der Waals surface area (Å²) in [6.45, 7) is 2.50. The average Bonchev–Trinajstić information content (AvgIpc) is 2.97. The van der Waals surface area contributed by atoms with Crippen molar-refractivity contribution in [1.29, 1.82) is 0 Å². The highest BCUT2D eigenvalue weighted by molar-refractivity contribution is 8.00. The molecule has 0 aliphatic heterocycles. The number of carbonyl (C=O) groups is 2. The second-order valence-electron chi connectivity index (χ2n) is 8.37. The summed E-state index contributed by atoms with van der Waals surface area (Å²) in [5.41, 5.74) is 2.49. The number of hydrogen-bond acceptors (Lipinski definition) is 6. The molecular weight excluding hydrogens is 512 g/mol. The number of carbonyl (C=O) groups excluding carboxylic acids is 2. The van der Waals surface area contributed by atoms with E-state index in [2.05, 4.69) is 10.6 Å². The Bertz CT molecular complexity index is 1370. The van der Waals surface area contributed by atoms with Crippen molar-refractivity contribution in [2.45, 2.75) is 17.1 Å². The predicted octanol–water partition coefficient (Wildman–Crippen LogP) is 6.83. The lowest BCUT2D eigenvalue weighted by Crippen LogP contribution is -2.19. The molecule has 4 aromatic rings. The summed E-state index contributed by atoms with van der Waals surface area (Å²) in [6.07, 6.45) is 0. The van der Waals surface area contributed by atoms with Crippen LogP contribution in [0.4, 0.5) is 11.4 Å². The van der Waals surface area contributed by atoms with Gasteiger partial charge in [-0.3, -0.25) is 9.59 Å². The molecule has 4 rings (SSSR count). The molecule has 1 unspecified atom stereocenters. The predicted molar refractivity (Wildman–Crippen MR) is 155 cm³/mol. The van der Waals surface area contributed by atoms with Crippen LogP contribution < -0.4 is 24.8 Å². The summed E-state index contributed by atoms with van der Waals surface area (Å²) in [7, 11) is 3.01. The molecular formula is C31H30N2O5S. The van der Waals surface area contributed by atoms with Gasteiger partial charge in [-0.25, -0.2) is 0 Å². The van der Waals surface area contributed by atoms with Crippen LogP contribution in [0, 0.1) is 0 Å². The molecule has 0 bridgehead atoms. The molecule has 0 aliphatic rings. The number of amides is 2. The van der Waals surface area contributed by atoms with Crippen molar-refractivity contribution < 1.29 is 23.8 Å². The van der Waals surface area contributed by atoms with E-state index in [9.17, 15) is 9.59 Å². The van der Waals surface area contributed by atoms with Crippen molar-refractivity contribution in [2.24, 2.45) is 0 Å². The first-order valence-electron chi connectivity index (χ1n) is 12.4. The fraction of sp³-hybridized carbons (Fsp3) is 0.161. The fourth-order valence-electron chi connectivity index (χ4n) is 3.93. The molecule has 2 N–H and O–H groups in total. The highest BCUT2D eigenvalue weighted by Crippen LogP contribution is 2.37. The molecule has 0 fully saturated rings. The average molecular weight is 543 g/mol. The van der Waals surface area contributed by atoms with Crippen LogP contribution in [0.15, 0.2) is 102 Å². The SMILES string of the molecule is CCOc1ccc(NC(=O)C(Sc2ccc(NC(=O)c3c(OC)cccc3OC)cc2)c2ccccc2)cc1. The van der Waals surface area contributed by atoms with E-state index in [0.717, 1.165) is 16.2 Å². The summed E-state index contributed by atoms with van der Waals surface area (Å²) in [5.74, 6) is 1.10. The minimum Gasteiger partial charge on any atom is -0.496 e. The lowest BCUT2D eigenvalue weighted by atomic mass is 10.1. The molecule has 8 heteroatoms. The van der Waals surface area contributed by atoms with Gasteiger partial charge >= 0.3 is 0 Å². The van der Waals surface area contributed by atoms with Crippen LogP contribution in [0.2, 0.25) is 0 Å². The van der Waals surface area contributed by atoms with E-state index in [0.29, 0.717) is 35.0 Å². The first kappa shape index (κ1) is 27.6. The zero-order valence-corrected chi connectivity index (χ0v) is 22.8. The van der Waals surface area contributed by atoms with Crippen LogP contribution in [-0.4, -0.2) is 32.6 Å². The van der Waals surface area contributed by atoms with E-state index in [1.54, 1.807) is 30.3 Å². The lowest BCUT2D eigenvalue weighted by Gasteiger charge is -2.18. The molecule has 200 valence electrons. The van der Waals surface area contributed by atoms with Gasteiger partial charge in [-0.05, 0) is 73.2 Å². The summed E-state index contributed by atoms with van der Waals surface area (Å²) in [6, 6.07) is 29.5. The van der Waals surface area contributed by atoms with E-state index < -0.39 is 5.25 Å². The van der Waals surface area contributed by atoms with Crippen molar-refractivity contribution in [3.63, 3.8) is 0 Å². The summed E-state index contributed by atoms with van der Waals surface area (Å²) in [4.78, 5) is 27.3. The lowest BCUT2D eigenvalue weighted by molar-refractivity contribution is -0.115. The summed E-state index contributed by atoms with van der Waals surface area (Å²) in [5, 5.41) is 5.41. The van der Waals surface area contributed by atoms with Gasteiger partial charge in [-0.2, -0.15) is 0 Å². The van der Waals surface area contributed by atoms with Crippen molar-refractivity contribution in [1.82, 2.24) is 0 Å². The minimum atomic E-state index is -0.490. The maximum atomic E-state index is 13.4. The smallest absolute Gasteiger partial charge is 0.263 e. The molecule has 39 heavy (non-hydrogen) atoms. The number of methoxy groups -OCH3 is 2. The van der Waals surface area contributed by atoms with Crippen LogP contribution >= 0.6 is 11.8 Å². The van der Waals surface area contributed by atoms with Crippen LogP contribution in [-0.2, 0) is 4.79 Å². The Morgan fingerprint density at radius 1 is 0.744 bits per heavy atom. The standard InChI is InChI=1S/C31H30N2O5S/c1-4-38-24-17-13-22(14-18-24)33-31(35)29(21-9-6-5-7-10-21)39-25-19-15-23(16-20-25)32-30(34)28-26(36-2)11-8-12-27(28)37-3/h5-20,29H,4H2,1-3H3,(H,32,34)(H,33,35). The third kappa shape index (κ3) is 7.12. The quantitative estimate of drug-likeness (QED) is 0.202. The maximum absolute atomic E-state index is 13.4. The van der Waals surface area contributed by atoms with E-state index in [4.69, 9.17) is 14.2 Å². The van der Waals surface area contributed by atoms with Gasteiger partial charge in [0.1, 0.15) is 28.1 Å². The Morgan fingerprint density at radius 2 is 1.33 bits per heavy atom. The van der Waals surface area contributed by atoms with Crippen molar-refractivity contribution in [3.05, 3.63) is 108 Å². The number of hydrogen-bond donors (Lipinski definition) is 2. The van der Waals surface area contributed by atoms with E-state index in [1.807, 2.05) is 73.7 Å². The molecule has 0 saturated heterocycles. The number of thioether (sulfide) groups is 1. The molecule has 4 aromatic carbocycles. The van der Waals surface area contributed by atoms with Gasteiger partial charge in [0.05, 0.1) is 20.8 Å². The monoisotopic (exact) mass is 542 g/mol. The largest absolute Gasteiger partial charge is 0.496 e. The van der Waals surface area contributed by atoms with Crippen molar-refractivity contribution in [3.8, 4) is 17.2 Å². The van der Waals surface area contributed by atoms with Gasteiger partial charge in [0.2, 0.25) is 5.91 Å². The van der Waals surface area contributed by atoms with E-state index >= 15 is 0 Å². The van der Waals surface area contributed by atoms with Crippen LogP contribution in [0.25, 0.3) is 0 Å². The molecule has 1 atom stereocenters. The Balaban J connectivity index is 1.49. The zero-order chi connectivity index (χ0) is 27.6. The van der Waals surface area contributed by atoms with Gasteiger partial charge in [0.15, 0.2) is 0 Å². The first-order valence-corrected chi connectivity index (χ1v) is 13.3. The number of rotatable bonds is 11. The van der Waals surface area contributed by atoms with Gasteiger partial charge < -0.3 is 24.8 Å². The fourth-order valence-corrected chi connectivity index (χ4v) is 4.96. The van der Waals surface area contributed by atoms with E-state index in [1.165, 1.54) is 26.0 Å². The second-order valence-corrected chi connectivity index (χ2v) is 9.55. The van der Waals surface area contributed by atoms with Gasteiger partial charge in [0, 0.05) is 16.3 Å². The minimum absolute atomic E-state index is 0.143. The zero-order valence-electron chi connectivity index (χ0n) is 22.0. The summed E-state index contributed by atoms with van der Waals surface area (Å²) >= 11 is 1.43. The molecule has 0 spiro atoms. The Kier molecular flexibility index (Phi) is 9.48. The number of ether oxygens (including phenoxy) is 3. The molecule has 7 nitrogen and oxygen atoms in total. The molecule has 0 aliphatic carbocycles. The topological polar surface area (TPSA) is 85.9 Å². The third-order valence-electron chi connectivity index (χ3n) is 5.79. The second kappa shape index (κ2) is 13.4. The van der Waals surface area contributed by atoms with Crippen LogP contribution in [0.1, 0.15) is 28.1 Å². The van der Waals surface area contributed by atoms with Gasteiger partial charge in [-0.15, -0.1) is 11.8 Å². The first-order chi connectivity index (χ1) is 19.0.